The molecule has 0 atom stereocenters. The zero-order valence-corrected chi connectivity index (χ0v) is 11.3. The van der Waals surface area contributed by atoms with Crippen LogP contribution in [0.1, 0.15) is 15.9 Å². The van der Waals surface area contributed by atoms with E-state index in [2.05, 4.69) is 4.98 Å². The molecule has 19 heavy (non-hydrogen) atoms. The number of benzene rings is 2. The molecule has 0 aliphatic carbocycles. The van der Waals surface area contributed by atoms with Crippen molar-refractivity contribution in [2.24, 2.45) is 0 Å². The van der Waals surface area contributed by atoms with Crippen molar-refractivity contribution in [2.75, 3.05) is 0 Å². The van der Waals surface area contributed by atoms with Crippen LogP contribution in [0.2, 0.25) is 10.0 Å². The van der Waals surface area contributed by atoms with Gasteiger partial charge in [0, 0.05) is 22.7 Å². The summed E-state index contributed by atoms with van der Waals surface area (Å²) in [6, 6.07) is 12.7. The number of carbonyl (C=O) groups excluding carboxylic acids is 1. The minimum absolute atomic E-state index is 0.173. The summed E-state index contributed by atoms with van der Waals surface area (Å²) in [7, 11) is 0. The Morgan fingerprint density at radius 2 is 1.63 bits per heavy atom. The number of H-pyrrole nitrogens is 1. The highest BCUT2D eigenvalue weighted by Crippen LogP contribution is 2.29. The predicted octanol–water partition coefficient (Wildman–Crippen LogP) is 4.71. The number of fused-ring (bicyclic) bond motifs is 1. The third kappa shape index (κ3) is 2.03. The number of para-hydroxylation sites is 1. The van der Waals surface area contributed by atoms with Crippen molar-refractivity contribution in [3.8, 4) is 0 Å². The Labute approximate surface area is 120 Å². The highest BCUT2D eigenvalue weighted by molar-refractivity contribution is 6.41. The Bertz CT molecular complexity index is 756. The van der Waals surface area contributed by atoms with E-state index in [1.807, 2.05) is 24.3 Å². The molecule has 0 aliphatic heterocycles. The molecule has 2 nitrogen and oxygen atoms in total. The second kappa shape index (κ2) is 4.72. The Morgan fingerprint density at radius 3 is 2.37 bits per heavy atom. The first-order valence-corrected chi connectivity index (χ1v) is 6.49. The van der Waals surface area contributed by atoms with Gasteiger partial charge in [0.1, 0.15) is 0 Å². The summed E-state index contributed by atoms with van der Waals surface area (Å²) in [5, 5.41) is 1.59. The SMILES string of the molecule is O=C(c1c(Cl)cccc1Cl)c1c[nH]c2ccccc12. The standard InChI is InChI=1S/C15H9Cl2NO/c16-11-5-3-6-12(17)14(11)15(19)10-8-18-13-7-2-1-4-9(10)13/h1-8,18H. The van der Waals surface area contributed by atoms with E-state index in [1.54, 1.807) is 24.4 Å². The van der Waals surface area contributed by atoms with Crippen molar-refractivity contribution in [1.82, 2.24) is 4.98 Å². The molecule has 2 aromatic carbocycles. The van der Waals surface area contributed by atoms with Crippen molar-refractivity contribution in [2.45, 2.75) is 0 Å². The second-order valence-corrected chi connectivity index (χ2v) is 4.99. The molecule has 0 spiro atoms. The average Bonchev–Trinajstić information content (AvgIpc) is 2.82. The fraction of sp³-hybridized carbons (Fsp3) is 0. The van der Waals surface area contributed by atoms with Crippen LogP contribution in [-0.2, 0) is 0 Å². The molecule has 0 amide bonds. The van der Waals surface area contributed by atoms with Gasteiger partial charge in [-0.3, -0.25) is 4.79 Å². The van der Waals surface area contributed by atoms with Gasteiger partial charge in [-0.25, -0.2) is 0 Å². The summed E-state index contributed by atoms with van der Waals surface area (Å²) in [6.07, 6.45) is 1.69. The number of aromatic nitrogens is 1. The molecule has 3 rings (SSSR count). The zero-order valence-electron chi connectivity index (χ0n) is 9.78. The lowest BCUT2D eigenvalue weighted by molar-refractivity contribution is 0.104. The molecule has 0 radical (unpaired) electrons. The maximum Gasteiger partial charge on any atom is 0.198 e. The molecule has 0 unspecified atom stereocenters. The number of nitrogens with one attached hydrogen (secondary N) is 1. The van der Waals surface area contributed by atoms with Crippen LogP contribution >= 0.6 is 23.2 Å². The largest absolute Gasteiger partial charge is 0.360 e. The smallest absolute Gasteiger partial charge is 0.198 e. The lowest BCUT2D eigenvalue weighted by Gasteiger charge is -2.04. The first-order chi connectivity index (χ1) is 9.18. The van der Waals surface area contributed by atoms with E-state index >= 15 is 0 Å². The number of hydrogen-bond donors (Lipinski definition) is 1. The van der Waals surface area contributed by atoms with E-state index in [-0.39, 0.29) is 5.78 Å². The summed E-state index contributed by atoms with van der Waals surface area (Å²) in [6.45, 7) is 0. The predicted molar refractivity (Wildman–Crippen MR) is 78.2 cm³/mol. The van der Waals surface area contributed by atoms with Gasteiger partial charge < -0.3 is 4.98 Å². The molecular weight excluding hydrogens is 281 g/mol. The van der Waals surface area contributed by atoms with E-state index in [0.717, 1.165) is 10.9 Å². The molecule has 94 valence electrons. The molecule has 4 heteroatoms. The van der Waals surface area contributed by atoms with E-state index < -0.39 is 0 Å². The molecule has 1 aromatic heterocycles. The van der Waals surface area contributed by atoms with E-state index in [9.17, 15) is 4.79 Å². The molecule has 3 aromatic rings. The second-order valence-electron chi connectivity index (χ2n) is 4.17. The molecule has 1 N–H and O–H groups in total. The van der Waals surface area contributed by atoms with Crippen LogP contribution in [0.5, 0.6) is 0 Å². The van der Waals surface area contributed by atoms with Crippen LogP contribution in [0.15, 0.2) is 48.7 Å². The Balaban J connectivity index is 2.20. The lowest BCUT2D eigenvalue weighted by Crippen LogP contribution is -2.02. The Morgan fingerprint density at radius 1 is 0.947 bits per heavy atom. The topological polar surface area (TPSA) is 32.9 Å². The van der Waals surface area contributed by atoms with Crippen LogP contribution in [0, 0.1) is 0 Å². The summed E-state index contributed by atoms with van der Waals surface area (Å²) in [5.41, 5.74) is 1.83. The van der Waals surface area contributed by atoms with Gasteiger partial charge in [-0.2, -0.15) is 0 Å². The van der Waals surface area contributed by atoms with Gasteiger partial charge in [-0.15, -0.1) is 0 Å². The number of aromatic amines is 1. The molecule has 0 saturated heterocycles. The highest BCUT2D eigenvalue weighted by Gasteiger charge is 2.19. The number of hydrogen-bond acceptors (Lipinski definition) is 1. The summed E-state index contributed by atoms with van der Waals surface area (Å²) >= 11 is 12.2. The Hall–Kier alpha value is -1.77. The van der Waals surface area contributed by atoms with Crippen LogP contribution in [0.3, 0.4) is 0 Å². The van der Waals surface area contributed by atoms with Crippen molar-refractivity contribution in [3.63, 3.8) is 0 Å². The van der Waals surface area contributed by atoms with Crippen LogP contribution in [0.4, 0.5) is 0 Å². The average molecular weight is 290 g/mol. The van der Waals surface area contributed by atoms with Gasteiger partial charge >= 0.3 is 0 Å². The fourth-order valence-corrected chi connectivity index (χ4v) is 2.68. The minimum atomic E-state index is -0.173. The maximum absolute atomic E-state index is 12.6. The number of halogens is 2. The fourth-order valence-electron chi connectivity index (χ4n) is 2.11. The molecular formula is C15H9Cl2NO. The number of rotatable bonds is 2. The first-order valence-electron chi connectivity index (χ1n) is 5.73. The van der Waals surface area contributed by atoms with Gasteiger partial charge in [0.25, 0.3) is 0 Å². The van der Waals surface area contributed by atoms with Gasteiger partial charge in [-0.1, -0.05) is 47.5 Å². The van der Waals surface area contributed by atoms with Crippen LogP contribution in [0.25, 0.3) is 10.9 Å². The lowest BCUT2D eigenvalue weighted by atomic mass is 10.0. The van der Waals surface area contributed by atoms with Gasteiger partial charge in [-0.05, 0) is 18.2 Å². The molecule has 1 heterocycles. The zero-order chi connectivity index (χ0) is 13.4. The number of carbonyl (C=O) groups is 1. The molecule has 0 bridgehead atoms. The van der Waals surface area contributed by atoms with Crippen LogP contribution < -0.4 is 0 Å². The minimum Gasteiger partial charge on any atom is -0.360 e. The van der Waals surface area contributed by atoms with Crippen molar-refractivity contribution >= 4 is 39.9 Å². The van der Waals surface area contributed by atoms with Gasteiger partial charge in [0.15, 0.2) is 5.78 Å². The third-order valence-electron chi connectivity index (χ3n) is 3.02. The summed E-state index contributed by atoms with van der Waals surface area (Å²) in [4.78, 5) is 15.6. The van der Waals surface area contributed by atoms with Crippen molar-refractivity contribution < 1.29 is 4.79 Å². The summed E-state index contributed by atoms with van der Waals surface area (Å²) in [5.74, 6) is -0.173. The monoisotopic (exact) mass is 289 g/mol. The summed E-state index contributed by atoms with van der Waals surface area (Å²) < 4.78 is 0. The van der Waals surface area contributed by atoms with E-state index in [4.69, 9.17) is 23.2 Å². The van der Waals surface area contributed by atoms with Gasteiger partial charge in [0.05, 0.1) is 15.6 Å². The Kier molecular flexibility index (Phi) is 3.05. The van der Waals surface area contributed by atoms with E-state index in [1.165, 1.54) is 0 Å². The van der Waals surface area contributed by atoms with Gasteiger partial charge in [0.2, 0.25) is 0 Å². The third-order valence-corrected chi connectivity index (χ3v) is 3.65. The molecule has 0 saturated carbocycles. The van der Waals surface area contributed by atoms with Crippen molar-refractivity contribution in [3.05, 3.63) is 69.8 Å². The van der Waals surface area contributed by atoms with E-state index in [0.29, 0.717) is 21.2 Å². The highest BCUT2D eigenvalue weighted by atomic mass is 35.5. The maximum atomic E-state index is 12.6. The van der Waals surface area contributed by atoms with Crippen molar-refractivity contribution in [1.29, 1.82) is 0 Å². The molecule has 0 aliphatic rings. The molecule has 0 fully saturated rings. The first kappa shape index (κ1) is 12.3. The van der Waals surface area contributed by atoms with Crippen LogP contribution in [-0.4, -0.2) is 10.8 Å². The normalized spacial score (nSPS) is 10.8. The quantitative estimate of drug-likeness (QED) is 0.681. The number of ketones is 1.